The lowest BCUT2D eigenvalue weighted by molar-refractivity contribution is 0.317. The first-order chi connectivity index (χ1) is 8.86. The fourth-order valence-corrected chi connectivity index (χ4v) is 3.25. The van der Waals surface area contributed by atoms with E-state index in [4.69, 9.17) is 0 Å². The second-order valence-corrected chi connectivity index (χ2v) is 5.41. The summed E-state index contributed by atoms with van der Waals surface area (Å²) >= 11 is 0. The molecule has 18 heavy (non-hydrogen) atoms. The van der Waals surface area contributed by atoms with Crippen molar-refractivity contribution in [1.82, 2.24) is 10.2 Å². The zero-order valence-corrected chi connectivity index (χ0v) is 11.2. The van der Waals surface area contributed by atoms with Gasteiger partial charge in [-0.15, -0.1) is 0 Å². The third kappa shape index (κ3) is 2.23. The second kappa shape index (κ2) is 5.25. The predicted molar refractivity (Wildman–Crippen MR) is 76.5 cm³/mol. The van der Waals surface area contributed by atoms with Crippen LogP contribution in [0, 0.1) is 0 Å². The number of hydrogen-bond donors (Lipinski definition) is 1. The van der Waals surface area contributed by atoms with Crippen LogP contribution in [0.3, 0.4) is 0 Å². The highest BCUT2D eigenvalue weighted by molar-refractivity contribution is 5.69. The molecular weight excluding hydrogens is 220 g/mol. The minimum absolute atomic E-state index is 0.622. The van der Waals surface area contributed by atoms with E-state index >= 15 is 0 Å². The van der Waals surface area contributed by atoms with Crippen molar-refractivity contribution in [2.75, 3.05) is 26.7 Å². The molecule has 0 aromatic heterocycles. The number of hydrogen-bond acceptors (Lipinski definition) is 2. The van der Waals surface area contributed by atoms with E-state index < -0.39 is 0 Å². The Hall–Kier alpha value is -1.12. The van der Waals surface area contributed by atoms with Gasteiger partial charge in [0.15, 0.2) is 0 Å². The molecule has 2 aliphatic rings. The number of rotatable bonds is 2. The van der Waals surface area contributed by atoms with Gasteiger partial charge in [-0.05, 0) is 56.1 Å². The molecule has 0 bridgehead atoms. The Bertz CT molecular complexity index is 450. The molecule has 0 radical (unpaired) electrons. The van der Waals surface area contributed by atoms with Gasteiger partial charge in [0.25, 0.3) is 0 Å². The van der Waals surface area contributed by atoms with E-state index in [9.17, 15) is 0 Å². The zero-order chi connectivity index (χ0) is 12.4. The Morgan fingerprint density at radius 1 is 1.28 bits per heavy atom. The number of likely N-dealkylation sites (tertiary alicyclic amines) is 1. The van der Waals surface area contributed by atoms with Crippen LogP contribution in [-0.2, 0) is 0 Å². The highest BCUT2D eigenvalue weighted by Gasteiger charge is 2.25. The van der Waals surface area contributed by atoms with Gasteiger partial charge in [-0.2, -0.15) is 0 Å². The number of nitrogens with one attached hydrogen (secondary N) is 1. The first-order valence-corrected chi connectivity index (χ1v) is 7.05. The third-order valence-corrected chi connectivity index (χ3v) is 4.25. The van der Waals surface area contributed by atoms with Gasteiger partial charge < -0.3 is 5.32 Å². The Morgan fingerprint density at radius 3 is 2.89 bits per heavy atom. The van der Waals surface area contributed by atoms with Crippen LogP contribution in [-0.4, -0.2) is 31.6 Å². The second-order valence-electron chi connectivity index (χ2n) is 5.41. The van der Waals surface area contributed by atoms with Crippen molar-refractivity contribution in [2.24, 2.45) is 0 Å². The average molecular weight is 242 g/mol. The smallest absolute Gasteiger partial charge is 0.0351 e. The number of benzene rings is 1. The highest BCUT2D eigenvalue weighted by atomic mass is 15.1. The Morgan fingerprint density at radius 2 is 2.17 bits per heavy atom. The fourth-order valence-electron chi connectivity index (χ4n) is 3.25. The van der Waals surface area contributed by atoms with Crippen LogP contribution in [0.4, 0.5) is 0 Å². The van der Waals surface area contributed by atoms with Gasteiger partial charge in [0.05, 0.1) is 0 Å². The molecule has 0 saturated carbocycles. The highest BCUT2D eigenvalue weighted by Crippen LogP contribution is 2.35. The Labute approximate surface area is 110 Å². The van der Waals surface area contributed by atoms with E-state index in [0.29, 0.717) is 6.04 Å². The summed E-state index contributed by atoms with van der Waals surface area (Å²) in [4.78, 5) is 2.50. The molecule has 2 aliphatic heterocycles. The maximum absolute atomic E-state index is 3.40. The minimum Gasteiger partial charge on any atom is -0.313 e. The predicted octanol–water partition coefficient (Wildman–Crippen LogP) is 2.83. The topological polar surface area (TPSA) is 15.3 Å². The average Bonchev–Trinajstić information content (AvgIpc) is 2.86. The molecule has 2 heterocycles. The molecule has 0 spiro atoms. The summed E-state index contributed by atoms with van der Waals surface area (Å²) < 4.78 is 0. The molecule has 2 heteroatoms. The summed E-state index contributed by atoms with van der Waals surface area (Å²) in [6.45, 7) is 3.37. The van der Waals surface area contributed by atoms with Gasteiger partial charge in [-0.25, -0.2) is 0 Å². The molecule has 2 nitrogen and oxygen atoms in total. The molecule has 1 aromatic rings. The lowest BCUT2D eigenvalue weighted by Crippen LogP contribution is -2.22. The van der Waals surface area contributed by atoms with Crippen molar-refractivity contribution >= 4 is 5.57 Å². The van der Waals surface area contributed by atoms with Crippen LogP contribution in [0.5, 0.6) is 0 Å². The SMILES string of the molecule is CN1CCCC1c1ccccc1C1=CCNCC1. The first kappa shape index (κ1) is 11.9. The monoisotopic (exact) mass is 242 g/mol. The molecule has 1 fully saturated rings. The zero-order valence-electron chi connectivity index (χ0n) is 11.2. The van der Waals surface area contributed by atoms with Crippen molar-refractivity contribution in [3.05, 3.63) is 41.5 Å². The maximum Gasteiger partial charge on any atom is 0.0351 e. The van der Waals surface area contributed by atoms with Crippen molar-refractivity contribution in [1.29, 1.82) is 0 Å². The van der Waals surface area contributed by atoms with E-state index in [1.165, 1.54) is 36.1 Å². The van der Waals surface area contributed by atoms with E-state index in [0.717, 1.165) is 19.5 Å². The van der Waals surface area contributed by atoms with Crippen LogP contribution in [0.2, 0.25) is 0 Å². The quantitative estimate of drug-likeness (QED) is 0.858. The van der Waals surface area contributed by atoms with Gasteiger partial charge in [0.1, 0.15) is 0 Å². The summed E-state index contributed by atoms with van der Waals surface area (Å²) in [6.07, 6.45) is 6.15. The van der Waals surface area contributed by atoms with Gasteiger partial charge in [0, 0.05) is 12.6 Å². The molecule has 1 aromatic carbocycles. The summed E-state index contributed by atoms with van der Waals surface area (Å²) in [6, 6.07) is 9.61. The van der Waals surface area contributed by atoms with Crippen molar-refractivity contribution < 1.29 is 0 Å². The van der Waals surface area contributed by atoms with E-state index in [2.05, 4.69) is 47.6 Å². The summed E-state index contributed by atoms with van der Waals surface area (Å²) in [7, 11) is 2.26. The van der Waals surface area contributed by atoms with Crippen molar-refractivity contribution in [2.45, 2.75) is 25.3 Å². The molecule has 96 valence electrons. The standard InChI is InChI=1S/C16H22N2/c1-18-12-4-7-16(18)15-6-3-2-5-14(15)13-8-10-17-11-9-13/h2-3,5-6,8,16-17H,4,7,9-12H2,1H3. The molecule has 0 aliphatic carbocycles. The lowest BCUT2D eigenvalue weighted by atomic mass is 9.91. The summed E-state index contributed by atoms with van der Waals surface area (Å²) in [5.74, 6) is 0. The van der Waals surface area contributed by atoms with E-state index in [-0.39, 0.29) is 0 Å². The maximum atomic E-state index is 3.40. The molecule has 0 amide bonds. The van der Waals surface area contributed by atoms with Gasteiger partial charge in [0.2, 0.25) is 0 Å². The van der Waals surface area contributed by atoms with E-state index in [1.54, 1.807) is 0 Å². The lowest BCUT2D eigenvalue weighted by Gasteiger charge is -2.25. The van der Waals surface area contributed by atoms with E-state index in [1.807, 2.05) is 0 Å². The Balaban J connectivity index is 1.96. The van der Waals surface area contributed by atoms with Crippen LogP contribution in [0.25, 0.3) is 5.57 Å². The van der Waals surface area contributed by atoms with Crippen LogP contribution in [0.15, 0.2) is 30.3 Å². The van der Waals surface area contributed by atoms with Gasteiger partial charge >= 0.3 is 0 Å². The summed E-state index contributed by atoms with van der Waals surface area (Å²) in [5, 5.41) is 3.40. The third-order valence-electron chi connectivity index (χ3n) is 4.25. The van der Waals surface area contributed by atoms with Crippen molar-refractivity contribution in [3.8, 4) is 0 Å². The van der Waals surface area contributed by atoms with Crippen LogP contribution >= 0.6 is 0 Å². The minimum atomic E-state index is 0.622. The number of nitrogens with zero attached hydrogens (tertiary/aromatic N) is 1. The molecule has 1 N–H and O–H groups in total. The summed E-state index contributed by atoms with van der Waals surface area (Å²) in [5.41, 5.74) is 4.55. The first-order valence-electron chi connectivity index (χ1n) is 7.05. The Kier molecular flexibility index (Phi) is 3.48. The largest absolute Gasteiger partial charge is 0.313 e. The molecular formula is C16H22N2. The molecule has 1 saturated heterocycles. The van der Waals surface area contributed by atoms with Gasteiger partial charge in [-0.3, -0.25) is 4.90 Å². The van der Waals surface area contributed by atoms with Crippen LogP contribution in [0.1, 0.15) is 36.4 Å². The fraction of sp³-hybridized carbons (Fsp3) is 0.500. The normalized spacial score (nSPS) is 25.2. The molecule has 1 atom stereocenters. The van der Waals surface area contributed by atoms with Crippen LogP contribution < -0.4 is 5.32 Å². The molecule has 3 rings (SSSR count). The van der Waals surface area contributed by atoms with Gasteiger partial charge in [-0.1, -0.05) is 30.3 Å². The molecule has 1 unspecified atom stereocenters. The van der Waals surface area contributed by atoms with Crippen molar-refractivity contribution in [3.63, 3.8) is 0 Å².